The van der Waals surface area contributed by atoms with Crippen LogP contribution in [0, 0.1) is 6.92 Å². The van der Waals surface area contributed by atoms with Gasteiger partial charge >= 0.3 is 0 Å². The molecular weight excluding hydrogens is 406 g/mol. The number of carbonyl (C=O) groups excluding carboxylic acids is 1. The number of hydrogen-bond donors (Lipinski definition) is 1. The predicted molar refractivity (Wildman–Crippen MR) is 98.9 cm³/mol. The Morgan fingerprint density at radius 2 is 1.82 bits per heavy atom. The van der Waals surface area contributed by atoms with Crippen molar-refractivity contribution in [2.45, 2.75) is 20.3 Å². The van der Waals surface area contributed by atoms with E-state index in [1.54, 1.807) is 0 Å². The van der Waals surface area contributed by atoms with E-state index in [9.17, 15) is 4.79 Å². The minimum atomic E-state index is -0.0588. The van der Waals surface area contributed by atoms with Crippen LogP contribution in [0.15, 0.2) is 39.3 Å². The smallest absolute Gasteiger partial charge is 0.256 e. The Balaban J connectivity index is 2.13. The van der Waals surface area contributed by atoms with Crippen LogP contribution in [0.3, 0.4) is 0 Å². The van der Waals surface area contributed by atoms with E-state index in [0.29, 0.717) is 5.57 Å². The lowest BCUT2D eigenvalue weighted by molar-refractivity contribution is -0.110. The van der Waals surface area contributed by atoms with Gasteiger partial charge in [-0.3, -0.25) is 4.79 Å². The summed E-state index contributed by atoms with van der Waals surface area (Å²) < 4.78 is 1.87. The van der Waals surface area contributed by atoms with Gasteiger partial charge in [0, 0.05) is 20.1 Å². The van der Waals surface area contributed by atoms with Crippen LogP contribution in [-0.4, -0.2) is 5.91 Å². The zero-order chi connectivity index (χ0) is 15.9. The molecule has 0 radical (unpaired) electrons. The summed E-state index contributed by atoms with van der Waals surface area (Å²) in [6.45, 7) is 4.15. The Kier molecular flexibility index (Phi) is 4.24. The lowest BCUT2D eigenvalue weighted by Gasteiger charge is -2.08. The molecule has 0 bridgehead atoms. The van der Waals surface area contributed by atoms with Crippen molar-refractivity contribution in [3.63, 3.8) is 0 Å². The molecule has 1 N–H and O–H groups in total. The maximum atomic E-state index is 12.4. The van der Waals surface area contributed by atoms with Crippen molar-refractivity contribution < 1.29 is 4.79 Å². The van der Waals surface area contributed by atoms with Gasteiger partial charge in [0.1, 0.15) is 0 Å². The van der Waals surface area contributed by atoms with Crippen LogP contribution in [0.2, 0.25) is 0 Å². The molecule has 0 fully saturated rings. The van der Waals surface area contributed by atoms with Crippen molar-refractivity contribution in [3.05, 3.63) is 61.5 Å². The molecule has 0 saturated heterocycles. The fourth-order valence-electron chi connectivity index (χ4n) is 2.63. The maximum Gasteiger partial charge on any atom is 0.256 e. The highest BCUT2D eigenvalue weighted by Crippen LogP contribution is 2.43. The molecule has 0 spiro atoms. The molecule has 4 heteroatoms. The molecule has 22 heavy (non-hydrogen) atoms. The van der Waals surface area contributed by atoms with Gasteiger partial charge in [0.2, 0.25) is 0 Å². The SMILES string of the molecule is CCc1ccc(C=C2C(=O)Nc3c(Br)cc(Br)c(C)c32)cc1. The number of carbonyl (C=O) groups is 1. The first kappa shape index (κ1) is 15.5. The Hall–Kier alpha value is -1.39. The zero-order valence-corrected chi connectivity index (χ0v) is 15.5. The zero-order valence-electron chi connectivity index (χ0n) is 12.3. The second-order valence-electron chi connectivity index (χ2n) is 5.32. The standard InChI is InChI=1S/C18H15Br2NO/c1-3-11-4-6-12(7-5-11)8-13-16-10(2)14(19)9-15(20)17(16)21-18(13)22/h4-9H,3H2,1-2H3,(H,21,22). The Bertz CT molecular complexity index is 792. The van der Waals surface area contributed by atoms with E-state index in [1.165, 1.54) is 5.56 Å². The second-order valence-corrected chi connectivity index (χ2v) is 7.03. The average molecular weight is 421 g/mol. The minimum Gasteiger partial charge on any atom is -0.320 e. The number of hydrogen-bond acceptors (Lipinski definition) is 1. The number of anilines is 1. The number of aryl methyl sites for hydroxylation is 1. The monoisotopic (exact) mass is 419 g/mol. The molecule has 2 nitrogen and oxygen atoms in total. The van der Waals surface area contributed by atoms with Crippen molar-refractivity contribution in [3.8, 4) is 0 Å². The molecule has 0 aliphatic carbocycles. The molecule has 3 rings (SSSR count). The second kappa shape index (κ2) is 6.01. The van der Waals surface area contributed by atoms with Gasteiger partial charge < -0.3 is 5.32 Å². The van der Waals surface area contributed by atoms with Gasteiger partial charge in [0.15, 0.2) is 0 Å². The van der Waals surface area contributed by atoms with Gasteiger partial charge in [0.25, 0.3) is 5.91 Å². The van der Waals surface area contributed by atoms with Gasteiger partial charge in [-0.2, -0.15) is 0 Å². The molecule has 0 unspecified atom stereocenters. The third-order valence-corrected chi connectivity index (χ3v) is 5.38. The first-order valence-corrected chi connectivity index (χ1v) is 8.70. The van der Waals surface area contributed by atoms with Crippen LogP contribution < -0.4 is 5.32 Å². The van der Waals surface area contributed by atoms with E-state index in [-0.39, 0.29) is 5.91 Å². The number of halogens is 2. The van der Waals surface area contributed by atoms with Gasteiger partial charge in [-0.1, -0.05) is 47.1 Å². The van der Waals surface area contributed by atoms with E-state index in [2.05, 4.69) is 68.4 Å². The summed E-state index contributed by atoms with van der Waals surface area (Å²) in [5.41, 5.74) is 5.91. The number of nitrogens with one attached hydrogen (secondary N) is 1. The molecule has 112 valence electrons. The summed E-state index contributed by atoms with van der Waals surface area (Å²) in [4.78, 5) is 12.4. The molecule has 0 aromatic heterocycles. The Morgan fingerprint density at radius 1 is 1.14 bits per heavy atom. The van der Waals surface area contributed by atoms with Crippen molar-refractivity contribution >= 4 is 55.1 Å². The van der Waals surface area contributed by atoms with E-state index in [4.69, 9.17) is 0 Å². The Morgan fingerprint density at radius 3 is 2.45 bits per heavy atom. The molecule has 1 aliphatic heterocycles. The highest BCUT2D eigenvalue weighted by Gasteiger charge is 2.28. The van der Waals surface area contributed by atoms with Crippen molar-refractivity contribution in [2.24, 2.45) is 0 Å². The quantitative estimate of drug-likeness (QED) is 0.631. The average Bonchev–Trinajstić information content (AvgIpc) is 2.83. The lowest BCUT2D eigenvalue weighted by atomic mass is 9.99. The van der Waals surface area contributed by atoms with Crippen LogP contribution in [0.1, 0.15) is 29.2 Å². The molecule has 0 saturated carbocycles. The predicted octanol–water partition coefficient (Wildman–Crippen LogP) is 5.58. The summed E-state index contributed by atoms with van der Waals surface area (Å²) in [6, 6.07) is 10.3. The third-order valence-electron chi connectivity index (χ3n) is 3.93. The summed E-state index contributed by atoms with van der Waals surface area (Å²) >= 11 is 7.07. The molecule has 2 aromatic rings. The highest BCUT2D eigenvalue weighted by atomic mass is 79.9. The van der Waals surface area contributed by atoms with Crippen LogP contribution in [0.5, 0.6) is 0 Å². The fourth-order valence-corrected chi connectivity index (χ4v) is 3.89. The first-order valence-electron chi connectivity index (χ1n) is 7.12. The van der Waals surface area contributed by atoms with E-state index in [0.717, 1.165) is 37.7 Å². The van der Waals surface area contributed by atoms with Crippen LogP contribution in [-0.2, 0) is 11.2 Å². The molecule has 2 aromatic carbocycles. The van der Waals surface area contributed by atoms with Crippen LogP contribution in [0.4, 0.5) is 5.69 Å². The van der Waals surface area contributed by atoms with Crippen molar-refractivity contribution in [2.75, 3.05) is 5.32 Å². The van der Waals surface area contributed by atoms with Gasteiger partial charge in [-0.05, 0) is 58.1 Å². The first-order chi connectivity index (χ1) is 10.5. The lowest BCUT2D eigenvalue weighted by Crippen LogP contribution is -2.03. The molecular formula is C18H15Br2NO. The molecule has 1 aliphatic rings. The van der Waals surface area contributed by atoms with E-state index in [1.807, 2.05) is 19.1 Å². The summed E-state index contributed by atoms with van der Waals surface area (Å²) in [5.74, 6) is -0.0588. The van der Waals surface area contributed by atoms with E-state index >= 15 is 0 Å². The van der Waals surface area contributed by atoms with Gasteiger partial charge in [-0.25, -0.2) is 0 Å². The number of amides is 1. The van der Waals surface area contributed by atoms with Gasteiger partial charge in [-0.15, -0.1) is 0 Å². The Labute approximate surface area is 146 Å². The molecule has 1 heterocycles. The minimum absolute atomic E-state index is 0.0588. The number of fused-ring (bicyclic) bond motifs is 1. The summed E-state index contributed by atoms with van der Waals surface area (Å²) in [7, 11) is 0. The fraction of sp³-hybridized carbons (Fsp3) is 0.167. The van der Waals surface area contributed by atoms with Crippen LogP contribution >= 0.6 is 31.9 Å². The maximum absolute atomic E-state index is 12.4. The summed E-state index contributed by atoms with van der Waals surface area (Å²) in [5, 5.41) is 2.95. The number of benzene rings is 2. The highest BCUT2D eigenvalue weighted by molar-refractivity contribution is 9.11. The normalized spacial score (nSPS) is 15.1. The molecule has 1 amide bonds. The van der Waals surface area contributed by atoms with Crippen molar-refractivity contribution in [1.29, 1.82) is 0 Å². The number of rotatable bonds is 2. The van der Waals surface area contributed by atoms with Crippen molar-refractivity contribution in [1.82, 2.24) is 0 Å². The van der Waals surface area contributed by atoms with E-state index < -0.39 is 0 Å². The molecule has 0 atom stereocenters. The van der Waals surface area contributed by atoms with Gasteiger partial charge in [0.05, 0.1) is 5.69 Å². The largest absolute Gasteiger partial charge is 0.320 e. The van der Waals surface area contributed by atoms with Crippen LogP contribution in [0.25, 0.3) is 11.6 Å². The summed E-state index contributed by atoms with van der Waals surface area (Å²) in [6.07, 6.45) is 2.96. The topological polar surface area (TPSA) is 29.1 Å². The third kappa shape index (κ3) is 2.66.